The third-order valence-electron chi connectivity index (χ3n) is 1.58. The fourth-order valence-electron chi connectivity index (χ4n) is 0.820. The van der Waals surface area contributed by atoms with E-state index in [1.54, 1.807) is 14.1 Å². The maximum absolute atomic E-state index is 13.1. The van der Waals surface area contributed by atoms with Crippen LogP contribution in [0.1, 0.15) is 0 Å². The lowest BCUT2D eigenvalue weighted by atomic mass is 10.3. The standard InChI is InChI=1S/C9H10ClFN2O/c1-13(2)9(14)12-8-5-6(10)3-4-7(8)11/h3-5H,1-2H3,(H,12,14). The van der Waals surface area contributed by atoms with Crippen molar-refractivity contribution in [1.29, 1.82) is 0 Å². The number of carbonyl (C=O) groups excluding carboxylic acids is 1. The topological polar surface area (TPSA) is 32.3 Å². The summed E-state index contributed by atoms with van der Waals surface area (Å²) < 4.78 is 13.1. The van der Waals surface area contributed by atoms with Crippen molar-refractivity contribution in [1.82, 2.24) is 4.90 Å². The smallest absolute Gasteiger partial charge is 0.321 e. The molecule has 3 nitrogen and oxygen atoms in total. The van der Waals surface area contributed by atoms with Crippen LogP contribution in [0.3, 0.4) is 0 Å². The van der Waals surface area contributed by atoms with Crippen molar-refractivity contribution in [3.8, 4) is 0 Å². The number of hydrogen-bond acceptors (Lipinski definition) is 1. The summed E-state index contributed by atoms with van der Waals surface area (Å²) in [6.45, 7) is 0. The number of hydrogen-bond donors (Lipinski definition) is 1. The number of benzene rings is 1. The molecule has 0 radical (unpaired) electrons. The molecule has 1 N–H and O–H groups in total. The van der Waals surface area contributed by atoms with Gasteiger partial charge in [0.15, 0.2) is 0 Å². The zero-order valence-electron chi connectivity index (χ0n) is 7.84. The number of amides is 2. The first kappa shape index (κ1) is 10.8. The number of halogens is 2. The molecule has 5 heteroatoms. The first-order valence-corrected chi connectivity index (χ1v) is 4.32. The van der Waals surface area contributed by atoms with E-state index >= 15 is 0 Å². The van der Waals surface area contributed by atoms with Crippen LogP contribution in [-0.2, 0) is 0 Å². The van der Waals surface area contributed by atoms with Gasteiger partial charge in [0.1, 0.15) is 5.82 Å². The minimum Gasteiger partial charge on any atom is -0.331 e. The Balaban J connectivity index is 2.86. The lowest BCUT2D eigenvalue weighted by Gasteiger charge is -2.12. The third kappa shape index (κ3) is 2.60. The van der Waals surface area contributed by atoms with Gasteiger partial charge in [0.05, 0.1) is 5.69 Å². The second kappa shape index (κ2) is 4.28. The van der Waals surface area contributed by atoms with E-state index in [1.807, 2.05) is 0 Å². The molecular formula is C9H10ClFN2O. The Morgan fingerprint density at radius 2 is 2.14 bits per heavy atom. The van der Waals surface area contributed by atoms with Crippen LogP contribution in [0.15, 0.2) is 18.2 Å². The van der Waals surface area contributed by atoms with Crippen molar-refractivity contribution in [2.24, 2.45) is 0 Å². The van der Waals surface area contributed by atoms with E-state index < -0.39 is 11.8 Å². The normalized spacial score (nSPS) is 9.71. The van der Waals surface area contributed by atoms with Gasteiger partial charge in [-0.1, -0.05) is 11.6 Å². The van der Waals surface area contributed by atoms with Crippen molar-refractivity contribution < 1.29 is 9.18 Å². The highest BCUT2D eigenvalue weighted by atomic mass is 35.5. The fourth-order valence-corrected chi connectivity index (χ4v) is 0.992. The van der Waals surface area contributed by atoms with Gasteiger partial charge in [0.25, 0.3) is 0 Å². The predicted octanol–water partition coefficient (Wildman–Crippen LogP) is 2.57. The van der Waals surface area contributed by atoms with E-state index in [4.69, 9.17) is 11.6 Å². The molecule has 76 valence electrons. The van der Waals surface area contributed by atoms with E-state index in [9.17, 15) is 9.18 Å². The molecule has 0 fully saturated rings. The molecule has 0 saturated heterocycles. The molecule has 0 aliphatic rings. The average Bonchev–Trinajstić information content (AvgIpc) is 2.11. The molecule has 2 amide bonds. The maximum Gasteiger partial charge on any atom is 0.321 e. The number of nitrogens with one attached hydrogen (secondary N) is 1. The molecule has 14 heavy (non-hydrogen) atoms. The van der Waals surface area contributed by atoms with Gasteiger partial charge in [-0.3, -0.25) is 0 Å². The van der Waals surface area contributed by atoms with Crippen LogP contribution in [0.2, 0.25) is 5.02 Å². The largest absolute Gasteiger partial charge is 0.331 e. The third-order valence-corrected chi connectivity index (χ3v) is 1.81. The van der Waals surface area contributed by atoms with Crippen molar-refractivity contribution in [3.05, 3.63) is 29.0 Å². The molecular weight excluding hydrogens is 207 g/mol. The van der Waals surface area contributed by atoms with Gasteiger partial charge < -0.3 is 10.2 Å². The van der Waals surface area contributed by atoms with Crippen LogP contribution >= 0.6 is 11.6 Å². The van der Waals surface area contributed by atoms with Crippen LogP contribution in [0, 0.1) is 5.82 Å². The fraction of sp³-hybridized carbons (Fsp3) is 0.222. The quantitative estimate of drug-likeness (QED) is 0.769. The zero-order chi connectivity index (χ0) is 10.7. The molecule has 1 rings (SSSR count). The van der Waals surface area contributed by atoms with E-state index in [1.165, 1.54) is 23.1 Å². The van der Waals surface area contributed by atoms with Gasteiger partial charge in [-0.25, -0.2) is 9.18 Å². The highest BCUT2D eigenvalue weighted by molar-refractivity contribution is 6.30. The molecule has 0 heterocycles. The van der Waals surface area contributed by atoms with Gasteiger partial charge in [0, 0.05) is 19.1 Å². The number of rotatable bonds is 1. The van der Waals surface area contributed by atoms with E-state index in [-0.39, 0.29) is 5.69 Å². The molecule has 1 aromatic carbocycles. The molecule has 0 unspecified atom stereocenters. The number of anilines is 1. The van der Waals surface area contributed by atoms with Gasteiger partial charge in [0.2, 0.25) is 0 Å². The van der Waals surface area contributed by atoms with Crippen LogP contribution in [0.5, 0.6) is 0 Å². The SMILES string of the molecule is CN(C)C(=O)Nc1cc(Cl)ccc1F. The molecule has 0 saturated carbocycles. The molecule has 0 atom stereocenters. The molecule has 0 aliphatic carbocycles. The number of urea groups is 1. The predicted molar refractivity (Wildman–Crippen MR) is 54.1 cm³/mol. The summed E-state index contributed by atoms with van der Waals surface area (Å²) in [6, 6.07) is 3.58. The van der Waals surface area contributed by atoms with Crippen LogP contribution in [0.4, 0.5) is 14.9 Å². The summed E-state index contributed by atoms with van der Waals surface area (Å²) in [5.74, 6) is -0.510. The van der Waals surface area contributed by atoms with Gasteiger partial charge in [-0.2, -0.15) is 0 Å². The summed E-state index contributed by atoms with van der Waals surface area (Å²) in [7, 11) is 3.13. The summed E-state index contributed by atoms with van der Waals surface area (Å²) in [6.07, 6.45) is 0. The van der Waals surface area contributed by atoms with Crippen molar-refractivity contribution in [2.45, 2.75) is 0 Å². The van der Waals surface area contributed by atoms with Gasteiger partial charge >= 0.3 is 6.03 Å². The molecule has 0 bridgehead atoms. The maximum atomic E-state index is 13.1. The second-order valence-corrected chi connectivity index (χ2v) is 3.39. The lowest BCUT2D eigenvalue weighted by Crippen LogP contribution is -2.27. The Morgan fingerprint density at radius 1 is 1.50 bits per heavy atom. The Labute approximate surface area is 86.5 Å². The molecule has 1 aromatic rings. The number of nitrogens with zero attached hydrogens (tertiary/aromatic N) is 1. The minimum absolute atomic E-state index is 0.0798. The first-order valence-electron chi connectivity index (χ1n) is 3.94. The van der Waals surface area contributed by atoms with Crippen molar-refractivity contribution in [3.63, 3.8) is 0 Å². The average molecular weight is 217 g/mol. The minimum atomic E-state index is -0.510. The summed E-state index contributed by atoms with van der Waals surface area (Å²) in [4.78, 5) is 12.5. The summed E-state index contributed by atoms with van der Waals surface area (Å²) >= 11 is 5.65. The van der Waals surface area contributed by atoms with Crippen LogP contribution < -0.4 is 5.32 Å². The summed E-state index contributed by atoms with van der Waals surface area (Å²) in [5, 5.41) is 2.75. The van der Waals surface area contributed by atoms with E-state index in [0.29, 0.717) is 5.02 Å². The lowest BCUT2D eigenvalue weighted by molar-refractivity contribution is 0.230. The Hall–Kier alpha value is -1.29. The molecule has 0 spiro atoms. The molecule has 0 aromatic heterocycles. The van der Waals surface area contributed by atoms with Gasteiger partial charge in [-0.15, -0.1) is 0 Å². The van der Waals surface area contributed by atoms with Crippen molar-refractivity contribution in [2.75, 3.05) is 19.4 Å². The highest BCUT2D eigenvalue weighted by Crippen LogP contribution is 2.19. The Kier molecular flexibility index (Phi) is 3.30. The van der Waals surface area contributed by atoms with E-state index in [2.05, 4.69) is 5.32 Å². The number of carbonyl (C=O) groups is 1. The van der Waals surface area contributed by atoms with Gasteiger partial charge in [-0.05, 0) is 18.2 Å². The van der Waals surface area contributed by atoms with Crippen LogP contribution in [0.25, 0.3) is 0 Å². The van der Waals surface area contributed by atoms with Crippen molar-refractivity contribution >= 4 is 23.3 Å². The first-order chi connectivity index (χ1) is 6.50. The molecule has 0 aliphatic heterocycles. The Morgan fingerprint density at radius 3 is 2.71 bits per heavy atom. The zero-order valence-corrected chi connectivity index (χ0v) is 8.60. The Bertz CT molecular complexity index is 355. The second-order valence-electron chi connectivity index (χ2n) is 2.95. The summed E-state index contributed by atoms with van der Waals surface area (Å²) in [5.41, 5.74) is 0.0798. The van der Waals surface area contributed by atoms with Crippen LogP contribution in [-0.4, -0.2) is 25.0 Å². The van der Waals surface area contributed by atoms with E-state index in [0.717, 1.165) is 0 Å². The highest BCUT2D eigenvalue weighted by Gasteiger charge is 2.08. The monoisotopic (exact) mass is 216 g/mol.